The standard InChI is InChI=1S/C33H34N6O4/c1-21-26(22-8-11-25(12-9-22)37-14-16-38(17-15-37)32(41)43-33(2,3)4)19-30-34-20-29(39(30)36-21)27-13-10-23-6-7-24(31(40)42-5)18-28(23)35-27/h6-13,18-20H,14-17H2,1-5H3. The summed E-state index contributed by atoms with van der Waals surface area (Å²) < 4.78 is 12.2. The topological polar surface area (TPSA) is 102 Å². The number of esters is 1. The zero-order valence-electron chi connectivity index (χ0n) is 25.0. The van der Waals surface area contributed by atoms with Crippen LogP contribution in [0.5, 0.6) is 0 Å². The molecule has 1 saturated heterocycles. The number of nitrogens with zero attached hydrogens (tertiary/aromatic N) is 6. The number of hydrogen-bond donors (Lipinski definition) is 0. The minimum absolute atomic E-state index is 0.257. The van der Waals surface area contributed by atoms with E-state index in [9.17, 15) is 9.59 Å². The molecular weight excluding hydrogens is 544 g/mol. The molecule has 0 aliphatic carbocycles. The molecule has 0 spiro atoms. The lowest BCUT2D eigenvalue weighted by Gasteiger charge is -2.36. The first-order chi connectivity index (χ1) is 20.6. The second-order valence-corrected chi connectivity index (χ2v) is 11.7. The smallest absolute Gasteiger partial charge is 0.410 e. The lowest BCUT2D eigenvalue weighted by atomic mass is 10.0. The Morgan fingerprint density at radius 1 is 0.907 bits per heavy atom. The van der Waals surface area contributed by atoms with Crippen LogP contribution in [-0.2, 0) is 9.47 Å². The van der Waals surface area contributed by atoms with Crippen molar-refractivity contribution in [1.82, 2.24) is 24.5 Å². The van der Waals surface area contributed by atoms with Crippen molar-refractivity contribution in [1.29, 1.82) is 0 Å². The molecule has 1 aliphatic heterocycles. The van der Waals surface area contributed by atoms with Crippen LogP contribution in [0.1, 0.15) is 36.8 Å². The molecule has 0 radical (unpaired) electrons. The largest absolute Gasteiger partial charge is 0.465 e. The number of pyridine rings is 1. The summed E-state index contributed by atoms with van der Waals surface area (Å²) in [5, 5.41) is 5.79. The Balaban J connectivity index is 1.21. The predicted molar refractivity (Wildman–Crippen MR) is 165 cm³/mol. The Hall–Kier alpha value is -4.99. The fraction of sp³-hybridized carbons (Fsp3) is 0.303. The van der Waals surface area contributed by atoms with Crippen molar-refractivity contribution in [3.63, 3.8) is 0 Å². The first-order valence-corrected chi connectivity index (χ1v) is 14.3. The lowest BCUT2D eigenvalue weighted by Crippen LogP contribution is -2.50. The molecule has 4 heterocycles. The number of imidazole rings is 1. The van der Waals surface area contributed by atoms with Crippen molar-refractivity contribution in [3.8, 4) is 22.5 Å². The van der Waals surface area contributed by atoms with E-state index in [-0.39, 0.29) is 6.09 Å². The minimum Gasteiger partial charge on any atom is -0.465 e. The van der Waals surface area contributed by atoms with Crippen LogP contribution in [0.3, 0.4) is 0 Å². The lowest BCUT2D eigenvalue weighted by molar-refractivity contribution is 0.0240. The maximum absolute atomic E-state index is 12.4. The predicted octanol–water partition coefficient (Wildman–Crippen LogP) is 5.76. The van der Waals surface area contributed by atoms with Crippen LogP contribution < -0.4 is 4.90 Å². The number of anilines is 1. The SMILES string of the molecule is COC(=O)c1ccc2ccc(-c3cnc4cc(-c5ccc(N6CCN(C(=O)OC(C)(C)C)CC6)cc5)c(C)nn34)nc2c1. The third-order valence-corrected chi connectivity index (χ3v) is 7.53. The van der Waals surface area contributed by atoms with Crippen LogP contribution in [-0.4, -0.2) is 75.4 Å². The van der Waals surface area contributed by atoms with Crippen LogP contribution in [0.2, 0.25) is 0 Å². The molecule has 6 rings (SSSR count). The van der Waals surface area contributed by atoms with Gasteiger partial charge in [0.25, 0.3) is 0 Å². The summed E-state index contributed by atoms with van der Waals surface area (Å²) in [4.78, 5) is 37.9. The van der Waals surface area contributed by atoms with E-state index in [0.29, 0.717) is 35.5 Å². The van der Waals surface area contributed by atoms with Crippen molar-refractivity contribution in [2.24, 2.45) is 0 Å². The molecule has 3 aromatic heterocycles. The highest BCUT2D eigenvalue weighted by Gasteiger charge is 2.26. The normalized spacial score (nSPS) is 13.9. The second kappa shape index (κ2) is 11.0. The third kappa shape index (κ3) is 5.73. The van der Waals surface area contributed by atoms with Gasteiger partial charge < -0.3 is 19.3 Å². The van der Waals surface area contributed by atoms with Crippen molar-refractivity contribution >= 4 is 34.3 Å². The highest BCUT2D eigenvalue weighted by atomic mass is 16.6. The maximum atomic E-state index is 12.4. The van der Waals surface area contributed by atoms with Gasteiger partial charge in [0, 0.05) is 42.8 Å². The first kappa shape index (κ1) is 28.1. The van der Waals surface area contributed by atoms with Crippen molar-refractivity contribution in [2.75, 3.05) is 38.2 Å². The van der Waals surface area contributed by atoms with Crippen molar-refractivity contribution in [2.45, 2.75) is 33.3 Å². The third-order valence-electron chi connectivity index (χ3n) is 7.53. The van der Waals surface area contributed by atoms with Gasteiger partial charge in [-0.1, -0.05) is 24.3 Å². The van der Waals surface area contributed by atoms with Crippen molar-refractivity contribution < 1.29 is 19.1 Å². The molecule has 0 atom stereocenters. The molecule has 10 heteroatoms. The van der Waals surface area contributed by atoms with Gasteiger partial charge in [-0.3, -0.25) is 0 Å². The highest BCUT2D eigenvalue weighted by molar-refractivity contribution is 5.94. The van der Waals surface area contributed by atoms with Gasteiger partial charge in [-0.2, -0.15) is 5.10 Å². The van der Waals surface area contributed by atoms with Gasteiger partial charge in [0.05, 0.1) is 35.8 Å². The fourth-order valence-electron chi connectivity index (χ4n) is 5.30. The summed E-state index contributed by atoms with van der Waals surface area (Å²) >= 11 is 0. The summed E-state index contributed by atoms with van der Waals surface area (Å²) in [5.41, 5.74) is 6.84. The number of aryl methyl sites for hydroxylation is 1. The number of benzene rings is 2. The quantitative estimate of drug-likeness (QED) is 0.248. The van der Waals surface area contributed by atoms with Gasteiger partial charge in [-0.15, -0.1) is 0 Å². The average Bonchev–Trinajstić information content (AvgIpc) is 3.41. The Kier molecular flexibility index (Phi) is 7.21. The molecule has 0 bridgehead atoms. The molecule has 2 aromatic carbocycles. The molecule has 1 fully saturated rings. The Morgan fingerprint density at radius 2 is 1.63 bits per heavy atom. The van der Waals surface area contributed by atoms with E-state index in [0.717, 1.165) is 46.7 Å². The molecule has 1 aliphatic rings. The molecule has 43 heavy (non-hydrogen) atoms. The Morgan fingerprint density at radius 3 is 2.33 bits per heavy atom. The van der Waals surface area contributed by atoms with Crippen LogP contribution in [0.4, 0.5) is 10.5 Å². The monoisotopic (exact) mass is 578 g/mol. The van der Waals surface area contributed by atoms with Crippen LogP contribution in [0.15, 0.2) is 66.9 Å². The van der Waals surface area contributed by atoms with E-state index in [1.165, 1.54) is 7.11 Å². The average molecular weight is 579 g/mol. The summed E-state index contributed by atoms with van der Waals surface area (Å²) in [6.07, 6.45) is 1.51. The highest BCUT2D eigenvalue weighted by Crippen LogP contribution is 2.29. The molecule has 220 valence electrons. The summed E-state index contributed by atoms with van der Waals surface area (Å²) in [6, 6.07) is 19.7. The number of aromatic nitrogens is 4. The molecule has 0 unspecified atom stereocenters. The second-order valence-electron chi connectivity index (χ2n) is 11.7. The minimum atomic E-state index is -0.497. The van der Waals surface area contributed by atoms with Crippen LogP contribution in [0, 0.1) is 6.92 Å². The van der Waals surface area contributed by atoms with Gasteiger partial charge >= 0.3 is 12.1 Å². The number of piperazine rings is 1. The van der Waals surface area contributed by atoms with Gasteiger partial charge in [-0.05, 0) is 69.7 Å². The zero-order valence-corrected chi connectivity index (χ0v) is 25.0. The number of carbonyl (C=O) groups excluding carboxylic acids is 2. The number of carbonyl (C=O) groups is 2. The number of hydrogen-bond acceptors (Lipinski definition) is 8. The number of amides is 1. The molecule has 1 amide bonds. The molecular formula is C33H34N6O4. The fourth-order valence-corrected chi connectivity index (χ4v) is 5.30. The van der Waals surface area contributed by atoms with Gasteiger partial charge in [-0.25, -0.2) is 24.1 Å². The molecule has 5 aromatic rings. The van der Waals surface area contributed by atoms with Gasteiger partial charge in [0.15, 0.2) is 5.65 Å². The number of rotatable bonds is 4. The Bertz CT molecular complexity index is 1830. The summed E-state index contributed by atoms with van der Waals surface area (Å²) in [6.45, 7) is 10.4. The van der Waals surface area contributed by atoms with E-state index in [2.05, 4.69) is 34.1 Å². The zero-order chi connectivity index (χ0) is 30.3. The molecule has 0 N–H and O–H groups in total. The first-order valence-electron chi connectivity index (χ1n) is 14.3. The van der Waals surface area contributed by atoms with Crippen LogP contribution in [0.25, 0.3) is 39.1 Å². The van der Waals surface area contributed by atoms with E-state index >= 15 is 0 Å². The van der Waals surface area contributed by atoms with Gasteiger partial charge in [0.1, 0.15) is 11.3 Å². The van der Waals surface area contributed by atoms with E-state index in [1.807, 2.05) is 52.0 Å². The number of fused-ring (bicyclic) bond motifs is 2. The van der Waals surface area contributed by atoms with Gasteiger partial charge in [0.2, 0.25) is 0 Å². The number of ether oxygens (including phenoxy) is 2. The summed E-state index contributed by atoms with van der Waals surface area (Å²) in [7, 11) is 1.36. The maximum Gasteiger partial charge on any atom is 0.410 e. The van der Waals surface area contributed by atoms with E-state index in [1.54, 1.807) is 27.7 Å². The molecule has 10 nitrogen and oxygen atoms in total. The van der Waals surface area contributed by atoms with E-state index in [4.69, 9.17) is 19.6 Å². The van der Waals surface area contributed by atoms with E-state index < -0.39 is 11.6 Å². The van der Waals surface area contributed by atoms with Crippen LogP contribution >= 0.6 is 0 Å². The Labute approximate surface area is 249 Å². The number of methoxy groups -OCH3 is 1. The van der Waals surface area contributed by atoms with Crippen molar-refractivity contribution in [3.05, 3.63) is 78.1 Å². The summed E-state index contributed by atoms with van der Waals surface area (Å²) in [5.74, 6) is -0.400. The molecule has 0 saturated carbocycles.